The first kappa shape index (κ1) is 17.3. The number of nitrogens with one attached hydrogen (secondary N) is 2. The quantitative estimate of drug-likeness (QED) is 0.840. The van der Waals surface area contributed by atoms with Gasteiger partial charge in [0.15, 0.2) is 0 Å². The van der Waals surface area contributed by atoms with Crippen molar-refractivity contribution in [3.8, 4) is 5.75 Å². The number of ether oxygens (including phenoxy) is 1. The summed E-state index contributed by atoms with van der Waals surface area (Å²) in [5.74, 6) is 0.399. The molecule has 126 valence electrons. The van der Waals surface area contributed by atoms with Gasteiger partial charge in [-0.3, -0.25) is 9.59 Å². The van der Waals surface area contributed by atoms with E-state index in [4.69, 9.17) is 4.74 Å². The van der Waals surface area contributed by atoms with Crippen LogP contribution in [-0.2, 0) is 4.79 Å². The maximum atomic E-state index is 12.2. The van der Waals surface area contributed by atoms with Crippen molar-refractivity contribution in [3.05, 3.63) is 23.8 Å². The number of carbonyl (C=O) groups excluding carboxylic acids is 2. The molecular weight excluding hydrogens is 294 g/mol. The molecule has 0 spiro atoms. The van der Waals surface area contributed by atoms with Gasteiger partial charge in [-0.05, 0) is 44.5 Å². The smallest absolute Gasteiger partial charge is 0.253 e. The van der Waals surface area contributed by atoms with Gasteiger partial charge in [0.25, 0.3) is 5.91 Å². The van der Waals surface area contributed by atoms with Crippen molar-refractivity contribution in [1.82, 2.24) is 10.2 Å². The Morgan fingerprint density at radius 2 is 2.17 bits per heavy atom. The van der Waals surface area contributed by atoms with E-state index in [0.29, 0.717) is 30.0 Å². The fraction of sp³-hybridized carbons (Fsp3) is 0.529. The third-order valence-electron chi connectivity index (χ3n) is 3.80. The summed E-state index contributed by atoms with van der Waals surface area (Å²) in [6, 6.07) is 5.34. The third-order valence-corrected chi connectivity index (χ3v) is 3.80. The van der Waals surface area contributed by atoms with Crippen LogP contribution < -0.4 is 15.4 Å². The lowest BCUT2D eigenvalue weighted by Gasteiger charge is -2.16. The summed E-state index contributed by atoms with van der Waals surface area (Å²) in [5.41, 5.74) is 1.07. The summed E-state index contributed by atoms with van der Waals surface area (Å²) < 4.78 is 5.55. The van der Waals surface area contributed by atoms with Crippen molar-refractivity contribution in [1.29, 1.82) is 0 Å². The highest BCUT2D eigenvalue weighted by Gasteiger charge is 2.19. The molecule has 1 aliphatic rings. The van der Waals surface area contributed by atoms with Gasteiger partial charge in [0.2, 0.25) is 5.91 Å². The molecule has 6 nitrogen and oxygen atoms in total. The van der Waals surface area contributed by atoms with Gasteiger partial charge in [0.1, 0.15) is 5.75 Å². The second kappa shape index (κ2) is 7.97. The molecule has 2 rings (SSSR count). The molecule has 0 radical (unpaired) electrons. The Bertz CT molecular complexity index is 566. The number of carbonyl (C=O) groups is 2. The molecule has 2 amide bonds. The summed E-state index contributed by atoms with van der Waals surface area (Å²) in [6.45, 7) is 3.34. The van der Waals surface area contributed by atoms with Gasteiger partial charge in [-0.1, -0.05) is 0 Å². The topological polar surface area (TPSA) is 70.7 Å². The molecule has 0 bridgehead atoms. The van der Waals surface area contributed by atoms with E-state index in [9.17, 15) is 9.59 Å². The highest BCUT2D eigenvalue weighted by molar-refractivity contribution is 5.98. The van der Waals surface area contributed by atoms with Crippen molar-refractivity contribution < 1.29 is 14.3 Å². The lowest BCUT2D eigenvalue weighted by atomic mass is 10.1. The van der Waals surface area contributed by atoms with Crippen molar-refractivity contribution in [2.75, 3.05) is 32.6 Å². The SMILES string of the molecule is CCOc1ccc(C(=O)N(C)C)cc1NC(=O)CC1CCCN1. The zero-order valence-electron chi connectivity index (χ0n) is 14.0. The second-order valence-corrected chi connectivity index (χ2v) is 5.89. The highest BCUT2D eigenvalue weighted by atomic mass is 16.5. The summed E-state index contributed by atoms with van der Waals surface area (Å²) in [5, 5.41) is 6.19. The monoisotopic (exact) mass is 319 g/mol. The molecule has 1 aromatic rings. The predicted molar refractivity (Wildman–Crippen MR) is 89.9 cm³/mol. The van der Waals surface area contributed by atoms with Crippen LogP contribution in [0.15, 0.2) is 18.2 Å². The lowest BCUT2D eigenvalue weighted by Crippen LogP contribution is -2.27. The molecule has 2 N–H and O–H groups in total. The summed E-state index contributed by atoms with van der Waals surface area (Å²) in [6.07, 6.45) is 2.55. The molecule has 1 aromatic carbocycles. The van der Waals surface area contributed by atoms with Gasteiger partial charge < -0.3 is 20.3 Å². The molecule has 1 fully saturated rings. The first-order valence-electron chi connectivity index (χ1n) is 8.03. The minimum Gasteiger partial charge on any atom is -0.492 e. The largest absolute Gasteiger partial charge is 0.492 e. The molecule has 0 aromatic heterocycles. The van der Waals surface area contributed by atoms with Crippen LogP contribution in [0, 0.1) is 0 Å². The number of nitrogens with zero attached hydrogens (tertiary/aromatic N) is 1. The Morgan fingerprint density at radius 1 is 1.39 bits per heavy atom. The van der Waals surface area contributed by atoms with E-state index >= 15 is 0 Å². The minimum atomic E-state index is -0.110. The highest BCUT2D eigenvalue weighted by Crippen LogP contribution is 2.27. The van der Waals surface area contributed by atoms with Gasteiger partial charge in [-0.2, -0.15) is 0 Å². The molecule has 0 aliphatic carbocycles. The molecule has 0 saturated carbocycles. The molecule has 1 heterocycles. The van der Waals surface area contributed by atoms with Gasteiger partial charge in [0.05, 0.1) is 12.3 Å². The Kier molecular flexibility index (Phi) is 5.98. The average molecular weight is 319 g/mol. The number of rotatable bonds is 6. The van der Waals surface area contributed by atoms with E-state index in [2.05, 4.69) is 10.6 Å². The van der Waals surface area contributed by atoms with Gasteiger partial charge >= 0.3 is 0 Å². The zero-order valence-corrected chi connectivity index (χ0v) is 14.0. The van der Waals surface area contributed by atoms with E-state index in [1.54, 1.807) is 32.3 Å². The van der Waals surface area contributed by atoms with Crippen molar-refractivity contribution >= 4 is 17.5 Å². The molecule has 1 atom stereocenters. The maximum absolute atomic E-state index is 12.2. The maximum Gasteiger partial charge on any atom is 0.253 e. The van der Waals surface area contributed by atoms with Crippen molar-refractivity contribution in [2.45, 2.75) is 32.2 Å². The summed E-state index contributed by atoms with van der Waals surface area (Å²) in [7, 11) is 3.39. The molecule has 1 aliphatic heterocycles. The van der Waals surface area contributed by atoms with Gasteiger partial charge in [-0.15, -0.1) is 0 Å². The Balaban J connectivity index is 2.14. The number of benzene rings is 1. The van der Waals surface area contributed by atoms with E-state index in [0.717, 1.165) is 19.4 Å². The van der Waals surface area contributed by atoms with Gasteiger partial charge in [0, 0.05) is 32.1 Å². The standard InChI is InChI=1S/C17H25N3O3/c1-4-23-15-8-7-12(17(22)20(2)3)10-14(15)19-16(21)11-13-6-5-9-18-13/h7-8,10,13,18H,4-6,9,11H2,1-3H3,(H,19,21). The van der Waals surface area contributed by atoms with E-state index in [-0.39, 0.29) is 17.9 Å². The van der Waals surface area contributed by atoms with E-state index in [1.165, 1.54) is 4.90 Å². The lowest BCUT2D eigenvalue weighted by molar-refractivity contribution is -0.116. The molecule has 1 unspecified atom stereocenters. The van der Waals surface area contributed by atoms with Crippen molar-refractivity contribution in [3.63, 3.8) is 0 Å². The van der Waals surface area contributed by atoms with Crippen LogP contribution in [0.4, 0.5) is 5.69 Å². The average Bonchev–Trinajstić information content (AvgIpc) is 3.01. The first-order chi connectivity index (χ1) is 11.0. The van der Waals surface area contributed by atoms with Crippen LogP contribution in [0.2, 0.25) is 0 Å². The molecular formula is C17H25N3O3. The van der Waals surface area contributed by atoms with Crippen molar-refractivity contribution in [2.24, 2.45) is 0 Å². The number of hydrogen-bond donors (Lipinski definition) is 2. The zero-order chi connectivity index (χ0) is 16.8. The van der Waals surface area contributed by atoms with Crippen LogP contribution in [0.25, 0.3) is 0 Å². The third kappa shape index (κ3) is 4.69. The summed E-state index contributed by atoms with van der Waals surface area (Å²) >= 11 is 0. The fourth-order valence-corrected chi connectivity index (χ4v) is 2.66. The minimum absolute atomic E-state index is 0.0696. The van der Waals surface area contributed by atoms with E-state index in [1.807, 2.05) is 6.92 Å². The predicted octanol–water partition coefficient (Wildman–Crippen LogP) is 1.87. The van der Waals surface area contributed by atoms with Crippen LogP contribution >= 0.6 is 0 Å². The second-order valence-electron chi connectivity index (χ2n) is 5.89. The van der Waals surface area contributed by atoms with Crippen LogP contribution in [0.1, 0.15) is 36.5 Å². The van der Waals surface area contributed by atoms with E-state index < -0.39 is 0 Å². The number of amides is 2. The fourth-order valence-electron chi connectivity index (χ4n) is 2.66. The molecule has 23 heavy (non-hydrogen) atoms. The van der Waals surface area contributed by atoms with Crippen LogP contribution in [0.3, 0.4) is 0 Å². The van der Waals surface area contributed by atoms with Gasteiger partial charge in [-0.25, -0.2) is 0 Å². The number of hydrogen-bond acceptors (Lipinski definition) is 4. The van der Waals surface area contributed by atoms with Crippen LogP contribution in [-0.4, -0.2) is 50.0 Å². The Hall–Kier alpha value is -2.08. The summed E-state index contributed by atoms with van der Waals surface area (Å²) in [4.78, 5) is 25.8. The number of anilines is 1. The molecule has 1 saturated heterocycles. The normalized spacial score (nSPS) is 16.9. The Labute approximate surface area is 137 Å². The molecule has 6 heteroatoms. The van der Waals surface area contributed by atoms with Crippen LogP contribution in [0.5, 0.6) is 5.75 Å². The Morgan fingerprint density at radius 3 is 2.78 bits per heavy atom. The first-order valence-corrected chi connectivity index (χ1v) is 8.03.